The topological polar surface area (TPSA) is 66.6 Å². The van der Waals surface area contributed by atoms with Crippen molar-refractivity contribution in [3.8, 4) is 0 Å². The Morgan fingerprint density at radius 3 is 2.03 bits per heavy atom. The van der Waals surface area contributed by atoms with Gasteiger partial charge in [-0.05, 0) is 43.7 Å². The SMILES string of the molecule is Cl.NC[C@@H]1CN(C(=O)C2CCCCC2C(=O)N2CCCC2)C[C@H]1c1ccccc1. The number of carbonyl (C=O) groups is 2. The standard InChI is InChI=1S/C23H33N3O2.ClH/c24-14-18-15-26(16-21(18)17-8-2-1-3-9-17)23(28)20-11-5-4-10-19(20)22(27)25-12-6-7-13-25;/h1-3,8-9,18-21H,4-7,10-16,24H2;1H/t18-,19?,20?,21+;/m1./s1. The van der Waals surface area contributed by atoms with Crippen LogP contribution in [0.3, 0.4) is 0 Å². The molecule has 2 heterocycles. The minimum Gasteiger partial charge on any atom is -0.342 e. The van der Waals surface area contributed by atoms with Crippen LogP contribution >= 0.6 is 12.4 Å². The second kappa shape index (κ2) is 9.94. The zero-order valence-electron chi connectivity index (χ0n) is 17.2. The summed E-state index contributed by atoms with van der Waals surface area (Å²) in [5, 5.41) is 0. The molecule has 4 rings (SSSR count). The fourth-order valence-corrected chi connectivity index (χ4v) is 5.50. The second-order valence-corrected chi connectivity index (χ2v) is 8.79. The lowest BCUT2D eigenvalue weighted by atomic mass is 9.77. The molecule has 1 aliphatic carbocycles. The van der Waals surface area contributed by atoms with E-state index in [4.69, 9.17) is 5.73 Å². The molecule has 0 radical (unpaired) electrons. The normalized spacial score (nSPS) is 29.6. The molecule has 2 aliphatic heterocycles. The fourth-order valence-electron chi connectivity index (χ4n) is 5.50. The molecule has 2 N–H and O–H groups in total. The van der Waals surface area contributed by atoms with Crippen LogP contribution in [0, 0.1) is 17.8 Å². The molecule has 1 aromatic carbocycles. The van der Waals surface area contributed by atoms with Crippen LogP contribution in [0.25, 0.3) is 0 Å². The van der Waals surface area contributed by atoms with E-state index in [0.717, 1.165) is 64.7 Å². The Kier molecular flexibility index (Phi) is 7.58. The second-order valence-electron chi connectivity index (χ2n) is 8.79. The minimum atomic E-state index is -0.144. The van der Waals surface area contributed by atoms with Gasteiger partial charge in [0.05, 0.1) is 0 Å². The number of benzene rings is 1. The van der Waals surface area contributed by atoms with Crippen LogP contribution in [-0.4, -0.2) is 54.3 Å². The van der Waals surface area contributed by atoms with Gasteiger partial charge in [-0.2, -0.15) is 0 Å². The average Bonchev–Trinajstić information content (AvgIpc) is 3.43. The van der Waals surface area contributed by atoms with Gasteiger partial charge in [0, 0.05) is 43.9 Å². The van der Waals surface area contributed by atoms with Gasteiger partial charge in [0.1, 0.15) is 0 Å². The quantitative estimate of drug-likeness (QED) is 0.815. The van der Waals surface area contributed by atoms with Gasteiger partial charge in [-0.3, -0.25) is 9.59 Å². The Labute approximate surface area is 180 Å². The van der Waals surface area contributed by atoms with Gasteiger partial charge in [0.2, 0.25) is 11.8 Å². The van der Waals surface area contributed by atoms with Crippen molar-refractivity contribution in [2.24, 2.45) is 23.5 Å². The summed E-state index contributed by atoms with van der Waals surface area (Å²) in [5.41, 5.74) is 7.33. The summed E-state index contributed by atoms with van der Waals surface area (Å²) in [6, 6.07) is 10.4. The lowest BCUT2D eigenvalue weighted by molar-refractivity contribution is -0.147. The third-order valence-electron chi connectivity index (χ3n) is 7.10. The largest absolute Gasteiger partial charge is 0.342 e. The fraction of sp³-hybridized carbons (Fsp3) is 0.652. The van der Waals surface area contributed by atoms with Gasteiger partial charge in [0.25, 0.3) is 0 Å². The van der Waals surface area contributed by atoms with Crippen molar-refractivity contribution in [3.05, 3.63) is 35.9 Å². The van der Waals surface area contributed by atoms with E-state index >= 15 is 0 Å². The molecule has 29 heavy (non-hydrogen) atoms. The number of hydrogen-bond donors (Lipinski definition) is 1. The van der Waals surface area contributed by atoms with Gasteiger partial charge in [-0.25, -0.2) is 0 Å². The van der Waals surface area contributed by atoms with Gasteiger partial charge in [0.15, 0.2) is 0 Å². The predicted octanol–water partition coefficient (Wildman–Crippen LogP) is 3.04. The van der Waals surface area contributed by atoms with E-state index in [0.29, 0.717) is 18.4 Å². The monoisotopic (exact) mass is 419 g/mol. The summed E-state index contributed by atoms with van der Waals surface area (Å²) in [7, 11) is 0. The molecule has 5 nitrogen and oxygen atoms in total. The van der Waals surface area contributed by atoms with Crippen molar-refractivity contribution < 1.29 is 9.59 Å². The van der Waals surface area contributed by atoms with E-state index < -0.39 is 0 Å². The Morgan fingerprint density at radius 1 is 0.862 bits per heavy atom. The van der Waals surface area contributed by atoms with E-state index in [-0.39, 0.29) is 36.1 Å². The molecule has 6 heteroatoms. The highest BCUT2D eigenvalue weighted by Crippen LogP contribution is 2.37. The summed E-state index contributed by atoms with van der Waals surface area (Å²) in [6.07, 6.45) is 6.02. The molecule has 0 aromatic heterocycles. The van der Waals surface area contributed by atoms with Crippen LogP contribution in [0.15, 0.2) is 30.3 Å². The summed E-state index contributed by atoms with van der Waals surface area (Å²) >= 11 is 0. The summed E-state index contributed by atoms with van der Waals surface area (Å²) in [5.74, 6) is 0.745. The molecule has 4 atom stereocenters. The molecule has 160 valence electrons. The van der Waals surface area contributed by atoms with Crippen LogP contribution in [0.2, 0.25) is 0 Å². The number of halogens is 1. The highest BCUT2D eigenvalue weighted by atomic mass is 35.5. The van der Waals surface area contributed by atoms with Crippen molar-refractivity contribution >= 4 is 24.2 Å². The summed E-state index contributed by atoms with van der Waals surface area (Å²) in [6.45, 7) is 3.77. The first-order chi connectivity index (χ1) is 13.7. The minimum absolute atomic E-state index is 0. The predicted molar refractivity (Wildman–Crippen MR) is 117 cm³/mol. The number of hydrogen-bond acceptors (Lipinski definition) is 3. The van der Waals surface area contributed by atoms with Crippen molar-refractivity contribution in [2.75, 3.05) is 32.7 Å². The number of likely N-dealkylation sites (tertiary alicyclic amines) is 2. The molecule has 2 amide bonds. The van der Waals surface area contributed by atoms with E-state index in [1.165, 1.54) is 5.56 Å². The van der Waals surface area contributed by atoms with Gasteiger partial charge in [-0.1, -0.05) is 43.2 Å². The first kappa shape index (κ1) is 22.1. The number of amides is 2. The Bertz CT molecular complexity index is 693. The smallest absolute Gasteiger partial charge is 0.226 e. The number of carbonyl (C=O) groups excluding carboxylic acids is 2. The van der Waals surface area contributed by atoms with Gasteiger partial charge >= 0.3 is 0 Å². The van der Waals surface area contributed by atoms with Crippen LogP contribution in [0.4, 0.5) is 0 Å². The van der Waals surface area contributed by atoms with Crippen molar-refractivity contribution in [3.63, 3.8) is 0 Å². The molecule has 1 aromatic rings. The Morgan fingerprint density at radius 2 is 1.45 bits per heavy atom. The average molecular weight is 420 g/mol. The van der Waals surface area contributed by atoms with Crippen LogP contribution in [0.5, 0.6) is 0 Å². The molecular weight excluding hydrogens is 386 g/mol. The van der Waals surface area contributed by atoms with Crippen molar-refractivity contribution in [2.45, 2.75) is 44.4 Å². The van der Waals surface area contributed by atoms with E-state index in [1.807, 2.05) is 15.9 Å². The van der Waals surface area contributed by atoms with Crippen molar-refractivity contribution in [1.29, 1.82) is 0 Å². The van der Waals surface area contributed by atoms with E-state index in [9.17, 15) is 9.59 Å². The lowest BCUT2D eigenvalue weighted by Crippen LogP contribution is -2.45. The zero-order valence-corrected chi connectivity index (χ0v) is 18.0. The highest BCUT2D eigenvalue weighted by Gasteiger charge is 2.43. The third-order valence-corrected chi connectivity index (χ3v) is 7.10. The molecule has 1 saturated carbocycles. The first-order valence-electron chi connectivity index (χ1n) is 11.0. The third kappa shape index (κ3) is 4.61. The molecular formula is C23H34ClN3O2. The molecule has 0 bridgehead atoms. The summed E-state index contributed by atoms with van der Waals surface area (Å²) in [4.78, 5) is 30.6. The molecule has 2 saturated heterocycles. The number of rotatable bonds is 4. The van der Waals surface area contributed by atoms with E-state index in [2.05, 4.69) is 24.3 Å². The maximum Gasteiger partial charge on any atom is 0.226 e. The highest BCUT2D eigenvalue weighted by molar-refractivity contribution is 5.88. The maximum absolute atomic E-state index is 13.5. The van der Waals surface area contributed by atoms with Crippen LogP contribution < -0.4 is 5.73 Å². The zero-order chi connectivity index (χ0) is 19.5. The molecule has 3 fully saturated rings. The summed E-state index contributed by atoms with van der Waals surface area (Å²) < 4.78 is 0. The van der Waals surface area contributed by atoms with Crippen LogP contribution in [0.1, 0.15) is 50.0 Å². The first-order valence-corrected chi connectivity index (χ1v) is 11.0. The van der Waals surface area contributed by atoms with Crippen molar-refractivity contribution in [1.82, 2.24) is 9.80 Å². The van der Waals surface area contributed by atoms with Gasteiger partial charge in [-0.15, -0.1) is 12.4 Å². The molecule has 2 unspecified atom stereocenters. The molecule has 0 spiro atoms. The molecule has 3 aliphatic rings. The van der Waals surface area contributed by atoms with Crippen LogP contribution in [-0.2, 0) is 9.59 Å². The number of nitrogens with zero attached hydrogens (tertiary/aromatic N) is 2. The lowest BCUT2D eigenvalue weighted by Gasteiger charge is -2.34. The maximum atomic E-state index is 13.5. The number of nitrogens with two attached hydrogens (primary N) is 1. The van der Waals surface area contributed by atoms with Gasteiger partial charge < -0.3 is 15.5 Å². The Hall–Kier alpha value is -1.59. The van der Waals surface area contributed by atoms with E-state index in [1.54, 1.807) is 0 Å². The Balaban J connectivity index is 0.00000240.